The van der Waals surface area contributed by atoms with Crippen molar-refractivity contribution in [3.63, 3.8) is 0 Å². The highest BCUT2D eigenvalue weighted by Crippen LogP contribution is 2.37. The third-order valence-corrected chi connectivity index (χ3v) is 7.70. The molecule has 5 rings (SSSR count). The highest BCUT2D eigenvalue weighted by atomic mass is 32.2. The number of ether oxygens (including phenoxy) is 2. The number of aromatic nitrogens is 4. The fraction of sp³-hybridized carbons (Fsp3) is 0.542. The Morgan fingerprint density at radius 1 is 1.00 bits per heavy atom. The first kappa shape index (κ1) is 22.4. The SMILES string of the molecule is COc1ccc(OC)c(Sc2nc3cncn(CCN4CCN(C5CCCC5)CC4)c-3n2)c1. The molecule has 1 aromatic carbocycles. The van der Waals surface area contributed by atoms with Gasteiger partial charge in [-0.2, -0.15) is 0 Å². The molecule has 0 spiro atoms. The minimum atomic E-state index is 0.684. The molecule has 3 aliphatic heterocycles. The fourth-order valence-electron chi connectivity index (χ4n) is 4.91. The Hall–Kier alpha value is -2.36. The Kier molecular flexibility index (Phi) is 6.99. The van der Waals surface area contributed by atoms with Crippen molar-refractivity contribution in [2.75, 3.05) is 46.9 Å². The molecule has 0 radical (unpaired) electrons. The molecule has 9 heteroatoms. The monoisotopic (exact) mass is 468 g/mol. The van der Waals surface area contributed by atoms with Crippen molar-refractivity contribution in [3.8, 4) is 23.0 Å². The number of hydrogen-bond acceptors (Lipinski definition) is 8. The Labute approximate surface area is 199 Å². The first-order valence-corrected chi connectivity index (χ1v) is 12.6. The van der Waals surface area contributed by atoms with E-state index in [0.29, 0.717) is 5.16 Å². The Balaban J connectivity index is 1.23. The van der Waals surface area contributed by atoms with Crippen LogP contribution in [0, 0.1) is 0 Å². The van der Waals surface area contributed by atoms with Crippen LogP contribution in [0.25, 0.3) is 11.5 Å². The summed E-state index contributed by atoms with van der Waals surface area (Å²) in [4.78, 5) is 20.1. The normalized spacial score (nSPS) is 18.2. The molecule has 8 nitrogen and oxygen atoms in total. The molecule has 1 aliphatic carbocycles. The molecule has 1 saturated carbocycles. The molecule has 1 aromatic rings. The number of methoxy groups -OCH3 is 2. The Morgan fingerprint density at radius 2 is 1.82 bits per heavy atom. The van der Waals surface area contributed by atoms with Gasteiger partial charge in [0.25, 0.3) is 0 Å². The van der Waals surface area contributed by atoms with Crippen LogP contribution in [0.1, 0.15) is 25.7 Å². The van der Waals surface area contributed by atoms with Gasteiger partial charge in [-0.25, -0.2) is 15.0 Å². The van der Waals surface area contributed by atoms with Crippen LogP contribution in [0.15, 0.2) is 40.8 Å². The second-order valence-corrected chi connectivity index (χ2v) is 9.75. The van der Waals surface area contributed by atoms with Gasteiger partial charge in [0.1, 0.15) is 17.2 Å². The third-order valence-electron chi connectivity index (χ3n) is 6.80. The molecule has 0 amide bonds. The van der Waals surface area contributed by atoms with Crippen LogP contribution in [0.5, 0.6) is 11.5 Å². The lowest BCUT2D eigenvalue weighted by Gasteiger charge is -2.38. The van der Waals surface area contributed by atoms with Gasteiger partial charge in [-0.1, -0.05) is 12.8 Å². The van der Waals surface area contributed by atoms with E-state index in [1.807, 2.05) is 24.5 Å². The summed E-state index contributed by atoms with van der Waals surface area (Å²) in [5.41, 5.74) is 0.813. The Bertz CT molecular complexity index is 1030. The minimum Gasteiger partial charge on any atom is -0.497 e. The molecule has 176 valence electrons. The maximum absolute atomic E-state index is 5.50. The summed E-state index contributed by atoms with van der Waals surface area (Å²) in [6.07, 6.45) is 9.24. The predicted molar refractivity (Wildman–Crippen MR) is 128 cm³/mol. The summed E-state index contributed by atoms with van der Waals surface area (Å²) in [6, 6.07) is 6.56. The van der Waals surface area contributed by atoms with Gasteiger partial charge in [-0.3, -0.25) is 9.80 Å². The second-order valence-electron chi connectivity index (χ2n) is 8.74. The molecule has 0 unspecified atom stereocenters. The van der Waals surface area contributed by atoms with Crippen molar-refractivity contribution in [2.45, 2.75) is 48.3 Å². The van der Waals surface area contributed by atoms with E-state index in [1.54, 1.807) is 20.4 Å². The van der Waals surface area contributed by atoms with Gasteiger partial charge in [0, 0.05) is 45.3 Å². The lowest BCUT2D eigenvalue weighted by molar-refractivity contribution is 0.0957. The van der Waals surface area contributed by atoms with Crippen LogP contribution in [0.2, 0.25) is 0 Å². The number of benzene rings is 1. The van der Waals surface area contributed by atoms with Gasteiger partial charge in [-0.15, -0.1) is 0 Å². The Morgan fingerprint density at radius 3 is 2.58 bits per heavy atom. The lowest BCUT2D eigenvalue weighted by Crippen LogP contribution is -2.50. The maximum Gasteiger partial charge on any atom is 0.195 e. The number of fused-ring (bicyclic) bond motifs is 1. The summed E-state index contributed by atoms with van der Waals surface area (Å²) in [5, 5.41) is 0.684. The molecule has 33 heavy (non-hydrogen) atoms. The van der Waals surface area contributed by atoms with E-state index in [4.69, 9.17) is 19.4 Å². The molecule has 0 atom stereocenters. The summed E-state index contributed by atoms with van der Waals surface area (Å²) in [6.45, 7) is 6.53. The molecule has 0 aromatic heterocycles. The summed E-state index contributed by atoms with van der Waals surface area (Å²) < 4.78 is 13.0. The van der Waals surface area contributed by atoms with Gasteiger partial charge < -0.3 is 14.0 Å². The number of imidazole rings is 1. The van der Waals surface area contributed by atoms with Crippen molar-refractivity contribution < 1.29 is 9.47 Å². The first-order chi connectivity index (χ1) is 16.2. The molecule has 1 saturated heterocycles. The van der Waals surface area contributed by atoms with Gasteiger partial charge >= 0.3 is 0 Å². The van der Waals surface area contributed by atoms with Crippen LogP contribution in [0.3, 0.4) is 0 Å². The quantitative estimate of drug-likeness (QED) is 0.498. The molecular formula is C24H32N6O2S. The smallest absolute Gasteiger partial charge is 0.195 e. The standard InChI is InChI=1S/C24H32N6O2S/c1-31-19-7-8-21(32-2)22(15-19)33-24-26-20-16-25-17-30(23(20)27-24)14-11-28-9-12-29(13-10-28)18-5-3-4-6-18/h7-8,15-18H,3-6,9-14H2,1-2H3. The number of hydrogen-bond donors (Lipinski definition) is 0. The van der Waals surface area contributed by atoms with E-state index in [2.05, 4.69) is 19.4 Å². The van der Waals surface area contributed by atoms with Crippen LogP contribution >= 0.6 is 11.8 Å². The van der Waals surface area contributed by atoms with Crippen LogP contribution in [-0.4, -0.2) is 82.3 Å². The molecule has 4 aliphatic rings. The first-order valence-electron chi connectivity index (χ1n) is 11.8. The largest absolute Gasteiger partial charge is 0.497 e. The molecule has 0 N–H and O–H groups in total. The van der Waals surface area contributed by atoms with E-state index in [1.165, 1.54) is 50.5 Å². The number of rotatable bonds is 8. The van der Waals surface area contributed by atoms with Crippen LogP contribution in [-0.2, 0) is 6.54 Å². The maximum atomic E-state index is 5.50. The van der Waals surface area contributed by atoms with E-state index < -0.39 is 0 Å². The topological polar surface area (TPSA) is 68.5 Å². The second kappa shape index (κ2) is 10.3. The van der Waals surface area contributed by atoms with E-state index in [9.17, 15) is 0 Å². The van der Waals surface area contributed by atoms with Gasteiger partial charge in [0.05, 0.1) is 31.6 Å². The zero-order chi connectivity index (χ0) is 22.6. The van der Waals surface area contributed by atoms with E-state index in [-0.39, 0.29) is 0 Å². The molecule has 2 fully saturated rings. The third kappa shape index (κ3) is 5.10. The van der Waals surface area contributed by atoms with Crippen molar-refractivity contribution in [1.82, 2.24) is 29.3 Å². The average molecular weight is 469 g/mol. The molecule has 3 heterocycles. The predicted octanol–water partition coefficient (Wildman–Crippen LogP) is 3.51. The fourth-order valence-corrected chi connectivity index (χ4v) is 5.80. The van der Waals surface area contributed by atoms with Crippen LogP contribution in [0.4, 0.5) is 0 Å². The zero-order valence-electron chi connectivity index (χ0n) is 19.4. The number of piperazine rings is 1. The summed E-state index contributed by atoms with van der Waals surface area (Å²) >= 11 is 1.48. The summed E-state index contributed by atoms with van der Waals surface area (Å²) in [7, 11) is 3.33. The average Bonchev–Trinajstić information content (AvgIpc) is 3.53. The van der Waals surface area contributed by atoms with Crippen molar-refractivity contribution in [2.24, 2.45) is 0 Å². The van der Waals surface area contributed by atoms with Crippen molar-refractivity contribution in [1.29, 1.82) is 0 Å². The van der Waals surface area contributed by atoms with E-state index >= 15 is 0 Å². The lowest BCUT2D eigenvalue weighted by atomic mass is 10.2. The van der Waals surface area contributed by atoms with Gasteiger partial charge in [-0.05, 0) is 42.8 Å². The summed E-state index contributed by atoms with van der Waals surface area (Å²) in [5.74, 6) is 2.43. The van der Waals surface area contributed by atoms with Gasteiger partial charge in [0.2, 0.25) is 0 Å². The van der Waals surface area contributed by atoms with Crippen LogP contribution < -0.4 is 9.47 Å². The van der Waals surface area contributed by atoms with E-state index in [0.717, 1.165) is 60.1 Å². The van der Waals surface area contributed by atoms with Crippen molar-refractivity contribution >= 4 is 11.8 Å². The highest BCUT2D eigenvalue weighted by Gasteiger charge is 2.26. The molecule has 0 bridgehead atoms. The zero-order valence-corrected chi connectivity index (χ0v) is 20.3. The highest BCUT2D eigenvalue weighted by molar-refractivity contribution is 7.99. The van der Waals surface area contributed by atoms with Gasteiger partial charge in [0.15, 0.2) is 11.0 Å². The number of nitrogens with zero attached hydrogens (tertiary/aromatic N) is 6. The molecular weight excluding hydrogens is 436 g/mol. The minimum absolute atomic E-state index is 0.684. The van der Waals surface area contributed by atoms with Crippen molar-refractivity contribution in [3.05, 3.63) is 30.7 Å².